The Morgan fingerprint density at radius 3 is 1.60 bits per heavy atom. The number of unbranched alkanes of at least 4 members (excludes halogenated alkanes) is 7. The molecule has 0 unspecified atom stereocenters. The lowest BCUT2D eigenvalue weighted by atomic mass is 9.69. The quantitative estimate of drug-likeness (QED) is 0.255. The highest BCUT2D eigenvalue weighted by atomic mass is 16.1. The Labute approximate surface area is 185 Å². The van der Waals surface area contributed by atoms with Crippen molar-refractivity contribution in [2.75, 3.05) is 0 Å². The van der Waals surface area contributed by atoms with Crippen molar-refractivity contribution < 1.29 is 4.79 Å². The topological polar surface area (TPSA) is 17.1 Å². The minimum atomic E-state index is 0.0744. The molecule has 0 aliphatic carbocycles. The predicted molar refractivity (Wildman–Crippen MR) is 130 cm³/mol. The third-order valence-electron chi connectivity index (χ3n) is 6.62. The molecular formula is C29H42O. The van der Waals surface area contributed by atoms with Crippen molar-refractivity contribution in [2.45, 2.75) is 103 Å². The highest BCUT2D eigenvalue weighted by Crippen LogP contribution is 2.40. The van der Waals surface area contributed by atoms with Crippen LogP contribution in [0.15, 0.2) is 60.7 Å². The minimum absolute atomic E-state index is 0.0744. The van der Waals surface area contributed by atoms with Crippen LogP contribution in [0.5, 0.6) is 0 Å². The summed E-state index contributed by atoms with van der Waals surface area (Å²) in [7, 11) is 0. The summed E-state index contributed by atoms with van der Waals surface area (Å²) in [6.45, 7) is 4.55. The standard InChI is InChI=1S/C29H42O/c1-3-5-6-7-8-16-23-28(30)24-17-11-18-25-29(4-2,26-19-12-9-13-20-26)27-21-14-10-15-22-27/h9-10,12-15,19-22H,3-8,11,16-18,23-25H2,1-2H3. The zero-order valence-corrected chi connectivity index (χ0v) is 19.4. The average Bonchev–Trinajstić information content (AvgIpc) is 2.80. The Hall–Kier alpha value is -1.89. The summed E-state index contributed by atoms with van der Waals surface area (Å²) in [6.07, 6.45) is 14.7. The number of rotatable bonds is 16. The molecule has 0 heterocycles. The zero-order valence-electron chi connectivity index (χ0n) is 19.4. The predicted octanol–water partition coefficient (Wildman–Crippen LogP) is 8.65. The molecular weight excluding hydrogens is 364 g/mol. The van der Waals surface area contributed by atoms with Gasteiger partial charge in [0, 0.05) is 18.3 Å². The summed E-state index contributed by atoms with van der Waals surface area (Å²) in [4.78, 5) is 12.2. The van der Waals surface area contributed by atoms with Gasteiger partial charge in [0.15, 0.2) is 0 Å². The first-order valence-electron chi connectivity index (χ1n) is 12.4. The normalized spacial score (nSPS) is 11.5. The van der Waals surface area contributed by atoms with E-state index >= 15 is 0 Å². The molecule has 2 aromatic carbocycles. The lowest BCUT2D eigenvalue weighted by molar-refractivity contribution is -0.119. The van der Waals surface area contributed by atoms with E-state index in [1.165, 1.54) is 49.7 Å². The fourth-order valence-corrected chi connectivity index (χ4v) is 4.71. The van der Waals surface area contributed by atoms with E-state index in [1.54, 1.807) is 0 Å². The molecule has 2 rings (SSSR count). The van der Waals surface area contributed by atoms with Crippen molar-refractivity contribution in [3.8, 4) is 0 Å². The number of carbonyl (C=O) groups is 1. The SMILES string of the molecule is CCCCCCCCC(=O)CCCCCC(CC)(c1ccccc1)c1ccccc1. The molecule has 0 N–H and O–H groups in total. The molecule has 0 spiro atoms. The first-order valence-corrected chi connectivity index (χ1v) is 12.4. The van der Waals surface area contributed by atoms with Crippen molar-refractivity contribution in [1.29, 1.82) is 0 Å². The summed E-state index contributed by atoms with van der Waals surface area (Å²) in [5, 5.41) is 0. The van der Waals surface area contributed by atoms with Gasteiger partial charge in [-0.15, -0.1) is 0 Å². The first-order chi connectivity index (χ1) is 14.7. The highest BCUT2D eigenvalue weighted by Gasteiger charge is 2.31. The van der Waals surface area contributed by atoms with E-state index in [0.717, 1.165) is 44.9 Å². The van der Waals surface area contributed by atoms with Crippen LogP contribution in [-0.2, 0) is 10.2 Å². The molecule has 1 heteroatoms. The Morgan fingerprint density at radius 1 is 0.633 bits per heavy atom. The second-order valence-electron chi connectivity index (χ2n) is 8.78. The molecule has 1 nitrogen and oxygen atoms in total. The lowest BCUT2D eigenvalue weighted by Crippen LogP contribution is -2.27. The lowest BCUT2D eigenvalue weighted by Gasteiger charge is -2.34. The van der Waals surface area contributed by atoms with Gasteiger partial charge in [0.2, 0.25) is 0 Å². The van der Waals surface area contributed by atoms with E-state index in [4.69, 9.17) is 0 Å². The molecule has 0 aliphatic heterocycles. The van der Waals surface area contributed by atoms with Gasteiger partial charge in [0.05, 0.1) is 0 Å². The first kappa shape index (κ1) is 24.4. The van der Waals surface area contributed by atoms with E-state index in [2.05, 4.69) is 74.5 Å². The van der Waals surface area contributed by atoms with Gasteiger partial charge in [-0.25, -0.2) is 0 Å². The molecule has 0 amide bonds. The maximum atomic E-state index is 12.2. The van der Waals surface area contributed by atoms with E-state index in [9.17, 15) is 4.79 Å². The van der Waals surface area contributed by atoms with Crippen LogP contribution in [0, 0.1) is 0 Å². The fraction of sp³-hybridized carbons (Fsp3) is 0.552. The monoisotopic (exact) mass is 406 g/mol. The maximum absolute atomic E-state index is 12.2. The van der Waals surface area contributed by atoms with Crippen molar-refractivity contribution in [2.24, 2.45) is 0 Å². The van der Waals surface area contributed by atoms with Crippen LogP contribution in [0.3, 0.4) is 0 Å². The van der Waals surface area contributed by atoms with E-state index in [0.29, 0.717) is 5.78 Å². The molecule has 0 saturated heterocycles. The summed E-state index contributed by atoms with van der Waals surface area (Å²) in [5.41, 5.74) is 2.90. The number of hydrogen-bond donors (Lipinski definition) is 0. The average molecular weight is 407 g/mol. The van der Waals surface area contributed by atoms with Crippen LogP contribution < -0.4 is 0 Å². The number of Topliss-reactive ketones (excluding diaryl/α,β-unsaturated/α-hetero) is 1. The van der Waals surface area contributed by atoms with Crippen LogP contribution in [0.1, 0.15) is 108 Å². The van der Waals surface area contributed by atoms with Crippen molar-refractivity contribution in [1.82, 2.24) is 0 Å². The smallest absolute Gasteiger partial charge is 0.132 e. The largest absolute Gasteiger partial charge is 0.300 e. The third kappa shape index (κ3) is 7.74. The molecule has 0 atom stereocenters. The Morgan fingerprint density at radius 2 is 1.10 bits per heavy atom. The number of ketones is 1. The van der Waals surface area contributed by atoms with Crippen molar-refractivity contribution in [3.05, 3.63) is 71.8 Å². The van der Waals surface area contributed by atoms with Crippen molar-refractivity contribution in [3.63, 3.8) is 0 Å². The molecule has 164 valence electrons. The van der Waals surface area contributed by atoms with Crippen LogP contribution in [0.2, 0.25) is 0 Å². The molecule has 0 aromatic heterocycles. The summed E-state index contributed by atoms with van der Waals surface area (Å²) >= 11 is 0. The molecule has 0 fully saturated rings. The Balaban J connectivity index is 1.79. The van der Waals surface area contributed by atoms with Crippen LogP contribution >= 0.6 is 0 Å². The number of benzene rings is 2. The Bertz CT molecular complexity index is 649. The maximum Gasteiger partial charge on any atom is 0.132 e. The van der Waals surface area contributed by atoms with E-state index in [1.807, 2.05) is 0 Å². The second-order valence-corrected chi connectivity index (χ2v) is 8.78. The fourth-order valence-electron chi connectivity index (χ4n) is 4.71. The summed E-state index contributed by atoms with van der Waals surface area (Å²) in [5.74, 6) is 0.471. The van der Waals surface area contributed by atoms with Gasteiger partial charge in [-0.3, -0.25) is 4.79 Å². The number of hydrogen-bond acceptors (Lipinski definition) is 1. The highest BCUT2D eigenvalue weighted by molar-refractivity contribution is 5.78. The molecule has 0 saturated carbocycles. The molecule has 0 radical (unpaired) electrons. The Kier molecular flexibility index (Phi) is 11.5. The van der Waals surface area contributed by atoms with Gasteiger partial charge in [-0.05, 0) is 36.8 Å². The van der Waals surface area contributed by atoms with Crippen LogP contribution in [0.25, 0.3) is 0 Å². The van der Waals surface area contributed by atoms with Crippen LogP contribution in [-0.4, -0.2) is 5.78 Å². The van der Waals surface area contributed by atoms with E-state index in [-0.39, 0.29) is 5.41 Å². The minimum Gasteiger partial charge on any atom is -0.300 e. The van der Waals surface area contributed by atoms with Gasteiger partial charge >= 0.3 is 0 Å². The molecule has 2 aromatic rings. The molecule has 30 heavy (non-hydrogen) atoms. The van der Waals surface area contributed by atoms with Gasteiger partial charge in [0.1, 0.15) is 5.78 Å². The summed E-state index contributed by atoms with van der Waals surface area (Å²) in [6, 6.07) is 21.9. The molecule has 0 bridgehead atoms. The van der Waals surface area contributed by atoms with Gasteiger partial charge < -0.3 is 0 Å². The second kappa shape index (κ2) is 14.2. The summed E-state index contributed by atoms with van der Waals surface area (Å²) < 4.78 is 0. The van der Waals surface area contributed by atoms with Gasteiger partial charge in [0.25, 0.3) is 0 Å². The molecule has 0 aliphatic rings. The van der Waals surface area contributed by atoms with Gasteiger partial charge in [-0.2, -0.15) is 0 Å². The van der Waals surface area contributed by atoms with Crippen molar-refractivity contribution >= 4 is 5.78 Å². The van der Waals surface area contributed by atoms with Gasteiger partial charge in [-0.1, -0.05) is 119 Å². The zero-order chi connectivity index (χ0) is 21.5. The van der Waals surface area contributed by atoms with Crippen LogP contribution in [0.4, 0.5) is 0 Å². The van der Waals surface area contributed by atoms with E-state index < -0.39 is 0 Å². The number of carbonyl (C=O) groups excluding carboxylic acids is 1. The third-order valence-corrected chi connectivity index (χ3v) is 6.62.